The van der Waals surface area contributed by atoms with Crippen molar-refractivity contribution in [3.8, 4) is 23.7 Å². The highest BCUT2D eigenvalue weighted by atomic mass is 32.1. The molecule has 1 aliphatic carbocycles. The average molecular weight is 612 g/mol. The van der Waals surface area contributed by atoms with Crippen LogP contribution >= 0.6 is 11.3 Å². The minimum absolute atomic E-state index is 0.166. The summed E-state index contributed by atoms with van der Waals surface area (Å²) in [5.41, 5.74) is 3.94. The summed E-state index contributed by atoms with van der Waals surface area (Å²) in [6.45, 7) is 4.78. The zero-order valence-electron chi connectivity index (χ0n) is 25.6. The number of likely N-dealkylation sites (tertiary alicyclic amines) is 1. The Kier molecular flexibility index (Phi) is 9.28. The van der Waals surface area contributed by atoms with E-state index >= 15 is 0 Å². The molecule has 0 atom stereocenters. The number of nitrogens with zero attached hydrogens (tertiary/aromatic N) is 2. The van der Waals surface area contributed by atoms with Crippen molar-refractivity contribution in [2.45, 2.75) is 57.0 Å². The Bertz CT molecular complexity index is 1590. The first-order valence-electron chi connectivity index (χ1n) is 15.6. The lowest BCUT2D eigenvalue weighted by atomic mass is 9.76. The molecule has 3 fully saturated rings. The van der Waals surface area contributed by atoms with E-state index in [1.165, 1.54) is 56.3 Å². The fourth-order valence-corrected chi connectivity index (χ4v) is 8.05. The molecule has 1 saturated carbocycles. The molecule has 8 nitrogen and oxygen atoms in total. The number of carbonyl (C=O) groups excluding carboxylic acids is 1. The standard InChI is InChI=1S/C35H41N5O3S/c1-37-34(41)24-8-13-29(31(21-24)42-2)38-18-4-7-32-27(14-17-36)28-5-3-6-30(33(28)44-32)39-25-9-11-26(12-10-25)40-19-15-35(16-20-40)22-43-23-35/h3,5-6,8,13,21,25-26,38-39H,9-12,14-16,18-20,22-23H2,1-2H3,(H,37,41). The van der Waals surface area contributed by atoms with Crippen LogP contribution in [-0.4, -0.2) is 69.9 Å². The molecule has 3 aromatic rings. The van der Waals surface area contributed by atoms with Gasteiger partial charge in [0, 0.05) is 41.1 Å². The number of methoxy groups -OCH3 is 1. The molecule has 3 N–H and O–H groups in total. The first-order chi connectivity index (χ1) is 21.5. The highest BCUT2D eigenvalue weighted by molar-refractivity contribution is 7.20. The van der Waals surface area contributed by atoms with Gasteiger partial charge < -0.3 is 30.3 Å². The fraction of sp³-hybridized carbons (Fsp3) is 0.486. The van der Waals surface area contributed by atoms with Gasteiger partial charge in [0.1, 0.15) is 5.75 Å². The van der Waals surface area contributed by atoms with Crippen molar-refractivity contribution in [1.82, 2.24) is 10.2 Å². The molecule has 9 heteroatoms. The number of carbonyl (C=O) groups is 1. The molecule has 6 rings (SSSR count). The Morgan fingerprint density at radius 1 is 1.14 bits per heavy atom. The summed E-state index contributed by atoms with van der Waals surface area (Å²) in [5.74, 6) is 6.98. The maximum Gasteiger partial charge on any atom is 0.251 e. The van der Waals surface area contributed by atoms with E-state index in [0.29, 0.717) is 41.8 Å². The highest BCUT2D eigenvalue weighted by Gasteiger charge is 2.42. The minimum Gasteiger partial charge on any atom is -0.495 e. The van der Waals surface area contributed by atoms with Gasteiger partial charge in [-0.05, 0) is 75.9 Å². The molecule has 1 spiro atoms. The molecule has 2 saturated heterocycles. The summed E-state index contributed by atoms with van der Waals surface area (Å²) >= 11 is 1.67. The van der Waals surface area contributed by atoms with Gasteiger partial charge in [-0.3, -0.25) is 4.79 Å². The van der Waals surface area contributed by atoms with Gasteiger partial charge in [0.25, 0.3) is 5.91 Å². The van der Waals surface area contributed by atoms with Crippen molar-refractivity contribution in [3.63, 3.8) is 0 Å². The number of nitriles is 1. The van der Waals surface area contributed by atoms with Gasteiger partial charge in [0.15, 0.2) is 0 Å². The Balaban J connectivity index is 1.10. The molecule has 1 amide bonds. The van der Waals surface area contributed by atoms with E-state index in [1.54, 1.807) is 37.6 Å². The Labute approximate surface area is 264 Å². The van der Waals surface area contributed by atoms with Gasteiger partial charge in [-0.15, -0.1) is 11.3 Å². The van der Waals surface area contributed by atoms with Gasteiger partial charge in [0.2, 0.25) is 0 Å². The molecular formula is C35H41N5O3S. The fourth-order valence-electron chi connectivity index (χ4n) is 6.87. The number of hydrogen-bond donors (Lipinski definition) is 3. The lowest BCUT2D eigenvalue weighted by Crippen LogP contribution is -2.53. The molecule has 3 heterocycles. The molecule has 1 aromatic heterocycles. The zero-order valence-corrected chi connectivity index (χ0v) is 26.4. The van der Waals surface area contributed by atoms with Crippen LogP contribution in [-0.2, 0) is 11.2 Å². The average Bonchev–Trinajstić information content (AvgIpc) is 3.40. The number of thiophene rings is 1. The lowest BCUT2D eigenvalue weighted by molar-refractivity contribution is -0.143. The van der Waals surface area contributed by atoms with E-state index in [0.717, 1.165) is 40.4 Å². The number of anilines is 2. The summed E-state index contributed by atoms with van der Waals surface area (Å²) in [6.07, 6.45) is 7.73. The molecule has 2 aromatic carbocycles. The smallest absolute Gasteiger partial charge is 0.251 e. The van der Waals surface area contributed by atoms with Crippen LogP contribution in [0, 0.1) is 28.6 Å². The second kappa shape index (κ2) is 13.5. The molecule has 44 heavy (non-hydrogen) atoms. The van der Waals surface area contributed by atoms with Crippen molar-refractivity contribution >= 4 is 38.7 Å². The van der Waals surface area contributed by atoms with Crippen LogP contribution in [0.5, 0.6) is 5.75 Å². The topological polar surface area (TPSA) is 98.7 Å². The van der Waals surface area contributed by atoms with Crippen LogP contribution in [0.3, 0.4) is 0 Å². The third-order valence-corrected chi connectivity index (χ3v) is 10.8. The number of ether oxygens (including phenoxy) is 2. The minimum atomic E-state index is -0.166. The van der Waals surface area contributed by atoms with Crippen LogP contribution in [0.2, 0.25) is 0 Å². The first kappa shape index (κ1) is 30.3. The Morgan fingerprint density at radius 3 is 2.61 bits per heavy atom. The molecule has 0 unspecified atom stereocenters. The summed E-state index contributed by atoms with van der Waals surface area (Å²) in [6, 6.07) is 15.2. The van der Waals surface area contributed by atoms with Crippen LogP contribution in [0.1, 0.15) is 59.3 Å². The monoisotopic (exact) mass is 611 g/mol. The number of hydrogen-bond acceptors (Lipinski definition) is 8. The maximum atomic E-state index is 12.0. The zero-order chi connectivity index (χ0) is 30.5. The Hall–Kier alpha value is -3.76. The van der Waals surface area contributed by atoms with Gasteiger partial charge >= 0.3 is 0 Å². The van der Waals surface area contributed by atoms with E-state index in [4.69, 9.17) is 9.47 Å². The first-order valence-corrected chi connectivity index (χ1v) is 16.5. The van der Waals surface area contributed by atoms with Crippen LogP contribution < -0.4 is 20.7 Å². The van der Waals surface area contributed by atoms with Gasteiger partial charge in [-0.25, -0.2) is 0 Å². The van der Waals surface area contributed by atoms with E-state index < -0.39 is 0 Å². The summed E-state index contributed by atoms with van der Waals surface area (Å²) in [4.78, 5) is 15.6. The molecule has 3 aliphatic rings. The van der Waals surface area contributed by atoms with E-state index in [9.17, 15) is 10.1 Å². The molecular weight excluding hydrogens is 570 g/mol. The second-order valence-corrected chi connectivity index (χ2v) is 13.3. The predicted octanol–water partition coefficient (Wildman–Crippen LogP) is 5.63. The molecule has 0 radical (unpaired) electrons. The lowest BCUT2D eigenvalue weighted by Gasteiger charge is -2.49. The largest absolute Gasteiger partial charge is 0.495 e. The second-order valence-electron chi connectivity index (χ2n) is 12.3. The number of rotatable bonds is 8. The number of benzene rings is 2. The van der Waals surface area contributed by atoms with Crippen molar-refractivity contribution in [2.24, 2.45) is 5.41 Å². The van der Waals surface area contributed by atoms with E-state index in [1.807, 2.05) is 6.07 Å². The van der Waals surface area contributed by atoms with Crippen LogP contribution in [0.25, 0.3) is 10.1 Å². The Morgan fingerprint density at radius 2 is 1.93 bits per heavy atom. The number of amides is 1. The van der Waals surface area contributed by atoms with Gasteiger partial charge in [-0.1, -0.05) is 24.0 Å². The van der Waals surface area contributed by atoms with Crippen molar-refractivity contribution < 1.29 is 14.3 Å². The van der Waals surface area contributed by atoms with E-state index in [2.05, 4.69) is 57.0 Å². The van der Waals surface area contributed by atoms with Gasteiger partial charge in [-0.2, -0.15) is 5.26 Å². The van der Waals surface area contributed by atoms with Crippen LogP contribution in [0.4, 0.5) is 11.4 Å². The SMILES string of the molecule is CNC(=O)c1ccc(NCC#Cc2sc3c(NC4CCC(N5CCC6(CC5)COC6)CC4)cccc3c2CC#N)c(OC)c1. The number of fused-ring (bicyclic) bond motifs is 1. The summed E-state index contributed by atoms with van der Waals surface area (Å²) < 4.78 is 12.2. The van der Waals surface area contributed by atoms with Gasteiger partial charge in [0.05, 0.1) is 60.3 Å². The van der Waals surface area contributed by atoms with Crippen LogP contribution in [0.15, 0.2) is 36.4 Å². The third-order valence-electron chi connectivity index (χ3n) is 9.58. The van der Waals surface area contributed by atoms with Crippen molar-refractivity contribution in [3.05, 3.63) is 52.4 Å². The molecule has 230 valence electrons. The molecule has 0 bridgehead atoms. The van der Waals surface area contributed by atoms with E-state index in [-0.39, 0.29) is 5.91 Å². The summed E-state index contributed by atoms with van der Waals surface area (Å²) in [5, 5.41) is 20.5. The molecule has 2 aliphatic heterocycles. The number of piperidine rings is 1. The highest BCUT2D eigenvalue weighted by Crippen LogP contribution is 2.41. The normalized spacial score (nSPS) is 21.0. The predicted molar refractivity (Wildman–Crippen MR) is 177 cm³/mol. The third kappa shape index (κ3) is 6.37. The number of nitrogens with one attached hydrogen (secondary N) is 3. The summed E-state index contributed by atoms with van der Waals surface area (Å²) in [7, 11) is 3.18. The van der Waals surface area contributed by atoms with Crippen molar-refractivity contribution in [1.29, 1.82) is 5.26 Å². The van der Waals surface area contributed by atoms with Crippen molar-refractivity contribution in [2.75, 3.05) is 57.6 Å². The maximum absolute atomic E-state index is 12.0. The quantitative estimate of drug-likeness (QED) is 0.284.